The smallest absolute Gasteiger partial charge is 0.243 e. The minimum absolute atomic E-state index is 0.0225. The van der Waals surface area contributed by atoms with E-state index in [2.05, 4.69) is 5.32 Å². The van der Waals surface area contributed by atoms with Gasteiger partial charge in [-0.25, -0.2) is 16.8 Å². The maximum Gasteiger partial charge on any atom is 0.243 e. The van der Waals surface area contributed by atoms with E-state index in [0.29, 0.717) is 18.7 Å². The molecule has 1 atom stereocenters. The average Bonchev–Trinajstić information content (AvgIpc) is 2.87. The van der Waals surface area contributed by atoms with Crippen molar-refractivity contribution in [3.05, 3.63) is 29.8 Å². The Kier molecular flexibility index (Phi) is 5.26. The second-order valence-corrected chi connectivity index (χ2v) is 9.71. The van der Waals surface area contributed by atoms with Crippen LogP contribution in [0.3, 0.4) is 0 Å². The summed E-state index contributed by atoms with van der Waals surface area (Å²) in [7, 11) is -4.84. The van der Waals surface area contributed by atoms with Crippen LogP contribution in [0.4, 0.5) is 0 Å². The Labute approximate surface area is 132 Å². The zero-order valence-electron chi connectivity index (χ0n) is 12.8. The molecule has 1 saturated heterocycles. The molecular weight excluding hydrogens is 324 g/mol. The molecule has 1 N–H and O–H groups in total. The Balaban J connectivity index is 2.23. The summed E-state index contributed by atoms with van der Waals surface area (Å²) in [4.78, 5) is 0.216. The third-order valence-electron chi connectivity index (χ3n) is 3.72. The summed E-state index contributed by atoms with van der Waals surface area (Å²) in [5, 5.41) is 3.03. The van der Waals surface area contributed by atoms with E-state index in [0.717, 1.165) is 19.1 Å². The molecule has 0 bridgehead atoms. The van der Waals surface area contributed by atoms with Gasteiger partial charge in [-0.2, -0.15) is 4.31 Å². The van der Waals surface area contributed by atoms with Crippen molar-refractivity contribution in [1.29, 1.82) is 0 Å². The summed E-state index contributed by atoms with van der Waals surface area (Å²) in [6.07, 6.45) is 2.87. The van der Waals surface area contributed by atoms with Gasteiger partial charge in [0.1, 0.15) is 0 Å². The first-order chi connectivity index (χ1) is 10.2. The lowest BCUT2D eigenvalue weighted by Crippen LogP contribution is -2.40. The van der Waals surface area contributed by atoms with Crippen molar-refractivity contribution in [1.82, 2.24) is 9.62 Å². The Hall–Kier alpha value is -0.960. The predicted molar refractivity (Wildman–Crippen MR) is 85.8 cm³/mol. The average molecular weight is 346 g/mol. The topological polar surface area (TPSA) is 83.6 Å². The van der Waals surface area contributed by atoms with Crippen molar-refractivity contribution in [2.45, 2.75) is 29.5 Å². The van der Waals surface area contributed by atoms with Crippen molar-refractivity contribution in [3.8, 4) is 0 Å². The lowest BCUT2D eigenvalue weighted by molar-refractivity contribution is 0.379. The maximum absolute atomic E-state index is 12.7. The molecule has 1 aliphatic rings. The first-order valence-corrected chi connectivity index (χ1v) is 10.7. The third kappa shape index (κ3) is 4.07. The molecule has 1 aromatic carbocycles. The lowest BCUT2D eigenvalue weighted by Gasteiger charge is -2.24. The van der Waals surface area contributed by atoms with Gasteiger partial charge in [0.25, 0.3) is 0 Å². The highest BCUT2D eigenvalue weighted by atomic mass is 32.2. The van der Waals surface area contributed by atoms with Gasteiger partial charge < -0.3 is 5.32 Å². The van der Waals surface area contributed by atoms with E-state index in [4.69, 9.17) is 0 Å². The van der Waals surface area contributed by atoms with Crippen LogP contribution in [-0.2, 0) is 25.6 Å². The third-order valence-corrected chi connectivity index (χ3v) is 6.55. The van der Waals surface area contributed by atoms with Gasteiger partial charge in [-0.3, -0.25) is 0 Å². The molecule has 0 saturated carbocycles. The molecule has 0 unspecified atom stereocenters. The highest BCUT2D eigenvalue weighted by Crippen LogP contribution is 2.26. The first kappa shape index (κ1) is 17.4. The van der Waals surface area contributed by atoms with Crippen LogP contribution in [0.25, 0.3) is 0 Å². The minimum Gasteiger partial charge on any atom is -0.318 e. The standard InChI is InChI=1S/C14H22N2O4S2/c1-15-10-13-4-3-9-16(13)22(19,20)14-7-5-12(6-8-14)11-21(2,17)18/h5-8,13,15H,3-4,9-11H2,1-2H3/t13-/m0/s1. The first-order valence-electron chi connectivity index (χ1n) is 7.17. The molecule has 124 valence electrons. The highest BCUT2D eigenvalue weighted by molar-refractivity contribution is 7.90. The zero-order valence-corrected chi connectivity index (χ0v) is 14.5. The van der Waals surface area contributed by atoms with Crippen LogP contribution in [0, 0.1) is 0 Å². The van der Waals surface area contributed by atoms with Crippen LogP contribution in [-0.4, -0.2) is 53.6 Å². The van der Waals surface area contributed by atoms with E-state index in [1.54, 1.807) is 12.1 Å². The van der Waals surface area contributed by atoms with Crippen LogP contribution in [0.1, 0.15) is 18.4 Å². The quantitative estimate of drug-likeness (QED) is 0.816. The molecule has 1 aromatic rings. The summed E-state index contributed by atoms with van der Waals surface area (Å²) in [5.74, 6) is -0.0839. The van der Waals surface area contributed by atoms with Gasteiger partial charge in [0.15, 0.2) is 9.84 Å². The second kappa shape index (κ2) is 6.66. The van der Waals surface area contributed by atoms with E-state index in [1.165, 1.54) is 16.4 Å². The van der Waals surface area contributed by atoms with Crippen molar-refractivity contribution in [3.63, 3.8) is 0 Å². The van der Waals surface area contributed by atoms with E-state index >= 15 is 0 Å². The fourth-order valence-corrected chi connectivity index (χ4v) is 5.25. The van der Waals surface area contributed by atoms with Gasteiger partial charge in [0, 0.05) is 25.4 Å². The van der Waals surface area contributed by atoms with Gasteiger partial charge in [-0.05, 0) is 37.6 Å². The second-order valence-electron chi connectivity index (χ2n) is 5.68. The van der Waals surface area contributed by atoms with Gasteiger partial charge in [0.2, 0.25) is 10.0 Å². The molecule has 0 amide bonds. The van der Waals surface area contributed by atoms with Crippen molar-refractivity contribution in [2.75, 3.05) is 26.4 Å². The van der Waals surface area contributed by atoms with Crippen molar-refractivity contribution < 1.29 is 16.8 Å². The largest absolute Gasteiger partial charge is 0.318 e. The number of benzene rings is 1. The molecule has 22 heavy (non-hydrogen) atoms. The summed E-state index contributed by atoms with van der Waals surface area (Å²) in [6, 6.07) is 6.09. The van der Waals surface area contributed by atoms with E-state index in [9.17, 15) is 16.8 Å². The fourth-order valence-electron chi connectivity index (χ4n) is 2.76. The molecule has 0 aliphatic carbocycles. The van der Waals surface area contributed by atoms with E-state index in [1.807, 2.05) is 7.05 Å². The lowest BCUT2D eigenvalue weighted by atomic mass is 10.2. The maximum atomic E-state index is 12.7. The number of hydrogen-bond donors (Lipinski definition) is 1. The molecular formula is C14H22N2O4S2. The minimum atomic E-state index is -3.53. The van der Waals surface area contributed by atoms with Crippen LogP contribution in [0.5, 0.6) is 0 Å². The van der Waals surface area contributed by atoms with Gasteiger partial charge in [0.05, 0.1) is 10.6 Å². The molecule has 1 heterocycles. The number of nitrogens with one attached hydrogen (secondary N) is 1. The van der Waals surface area contributed by atoms with E-state index in [-0.39, 0.29) is 16.7 Å². The van der Waals surface area contributed by atoms with Gasteiger partial charge >= 0.3 is 0 Å². The van der Waals surface area contributed by atoms with Crippen LogP contribution >= 0.6 is 0 Å². The molecule has 1 aliphatic heterocycles. The molecule has 6 nitrogen and oxygen atoms in total. The normalized spacial score (nSPS) is 20.4. The highest BCUT2D eigenvalue weighted by Gasteiger charge is 2.34. The SMILES string of the molecule is CNC[C@@H]1CCCN1S(=O)(=O)c1ccc(CS(C)(=O)=O)cc1. The summed E-state index contributed by atoms with van der Waals surface area (Å²) in [6.45, 7) is 1.16. The molecule has 8 heteroatoms. The summed E-state index contributed by atoms with van der Waals surface area (Å²) in [5.41, 5.74) is 0.592. The summed E-state index contributed by atoms with van der Waals surface area (Å²) >= 11 is 0. The van der Waals surface area contributed by atoms with Crippen LogP contribution in [0.15, 0.2) is 29.2 Å². The Morgan fingerprint density at radius 2 is 1.82 bits per heavy atom. The Morgan fingerprint density at radius 3 is 2.36 bits per heavy atom. The number of sulfonamides is 1. The Bertz CT molecular complexity index is 712. The monoisotopic (exact) mass is 346 g/mol. The fraction of sp³-hybridized carbons (Fsp3) is 0.571. The molecule has 0 spiro atoms. The molecule has 1 fully saturated rings. The number of nitrogens with zero attached hydrogens (tertiary/aromatic N) is 1. The number of hydrogen-bond acceptors (Lipinski definition) is 5. The van der Waals surface area contributed by atoms with Crippen LogP contribution in [0.2, 0.25) is 0 Å². The number of rotatable bonds is 6. The van der Waals surface area contributed by atoms with Gasteiger partial charge in [-0.1, -0.05) is 12.1 Å². The molecule has 2 rings (SSSR count). The van der Waals surface area contributed by atoms with Crippen molar-refractivity contribution in [2.24, 2.45) is 0 Å². The molecule has 0 radical (unpaired) electrons. The van der Waals surface area contributed by atoms with Crippen molar-refractivity contribution >= 4 is 19.9 Å². The molecule has 0 aromatic heterocycles. The Morgan fingerprint density at radius 1 is 1.18 bits per heavy atom. The predicted octanol–water partition coefficient (Wildman–Crippen LogP) is 0.604. The van der Waals surface area contributed by atoms with Crippen LogP contribution < -0.4 is 5.32 Å². The zero-order chi connectivity index (χ0) is 16.4. The number of sulfone groups is 1. The van der Waals surface area contributed by atoms with Gasteiger partial charge in [-0.15, -0.1) is 0 Å². The number of likely N-dealkylation sites (N-methyl/N-ethyl adjacent to an activating group) is 1. The summed E-state index contributed by atoms with van der Waals surface area (Å²) < 4.78 is 49.5. The van der Waals surface area contributed by atoms with E-state index < -0.39 is 19.9 Å².